The lowest BCUT2D eigenvalue weighted by Crippen LogP contribution is -2.49. The largest absolute Gasteiger partial charge is 0.336 e. The molecule has 2 aliphatic rings. The molecule has 3 heterocycles. The van der Waals surface area contributed by atoms with Crippen molar-refractivity contribution >= 4 is 15.9 Å². The molecule has 4 rings (SSSR count). The number of carbonyl (C=O) groups excluding carboxylic acids is 1. The Labute approximate surface area is 157 Å². The number of aromatic nitrogens is 2. The summed E-state index contributed by atoms with van der Waals surface area (Å²) in [7, 11) is -1.77. The summed E-state index contributed by atoms with van der Waals surface area (Å²) in [5.41, 5.74) is 3.31. The highest BCUT2D eigenvalue weighted by atomic mass is 32.2. The van der Waals surface area contributed by atoms with Crippen LogP contribution in [-0.2, 0) is 41.3 Å². The molecule has 2 aromatic rings. The highest BCUT2D eigenvalue weighted by Gasteiger charge is 2.42. The van der Waals surface area contributed by atoms with Crippen molar-refractivity contribution in [1.82, 2.24) is 19.0 Å². The molecule has 0 spiro atoms. The number of sulfonamides is 1. The summed E-state index contributed by atoms with van der Waals surface area (Å²) >= 11 is 0. The Morgan fingerprint density at radius 3 is 2.74 bits per heavy atom. The highest BCUT2D eigenvalue weighted by Crippen LogP contribution is 2.34. The van der Waals surface area contributed by atoms with Crippen molar-refractivity contribution < 1.29 is 17.6 Å². The standard InChI is InChI=1S/C18H21FN4O3S/c1-21-16-6-8-23(27(2,25)26)17(15(16)10-20-21)18(24)22-7-5-12-9-14(19)4-3-13(12)11-22/h3-4,9-10,17H,5-8,11H2,1-2H3. The number of nitrogens with zero attached hydrogens (tertiary/aromatic N) is 4. The van der Waals surface area contributed by atoms with Gasteiger partial charge in [0.05, 0.1) is 12.5 Å². The molecule has 1 aromatic heterocycles. The van der Waals surface area contributed by atoms with Gasteiger partial charge in [0.15, 0.2) is 0 Å². The third kappa shape index (κ3) is 3.14. The van der Waals surface area contributed by atoms with Crippen molar-refractivity contribution in [3.63, 3.8) is 0 Å². The second-order valence-electron chi connectivity index (χ2n) is 7.12. The summed E-state index contributed by atoms with van der Waals surface area (Å²) in [6, 6.07) is 3.67. The minimum Gasteiger partial charge on any atom is -0.336 e. The molecule has 27 heavy (non-hydrogen) atoms. The molecule has 144 valence electrons. The van der Waals surface area contributed by atoms with E-state index in [2.05, 4.69) is 5.10 Å². The van der Waals surface area contributed by atoms with Crippen LogP contribution in [0.3, 0.4) is 0 Å². The zero-order valence-electron chi connectivity index (χ0n) is 15.2. The van der Waals surface area contributed by atoms with Crippen molar-refractivity contribution in [2.45, 2.75) is 25.4 Å². The van der Waals surface area contributed by atoms with Gasteiger partial charge in [-0.15, -0.1) is 0 Å². The first kappa shape index (κ1) is 18.1. The van der Waals surface area contributed by atoms with Gasteiger partial charge in [-0.1, -0.05) is 6.07 Å². The minimum absolute atomic E-state index is 0.247. The van der Waals surface area contributed by atoms with E-state index in [1.54, 1.807) is 28.9 Å². The van der Waals surface area contributed by atoms with Crippen molar-refractivity contribution in [3.8, 4) is 0 Å². The number of fused-ring (bicyclic) bond motifs is 2. The number of hydrogen-bond donors (Lipinski definition) is 0. The van der Waals surface area contributed by atoms with Crippen LogP contribution in [0.2, 0.25) is 0 Å². The van der Waals surface area contributed by atoms with Crippen LogP contribution in [0.1, 0.15) is 28.4 Å². The van der Waals surface area contributed by atoms with Gasteiger partial charge in [-0.2, -0.15) is 9.40 Å². The molecule has 0 N–H and O–H groups in total. The molecule has 0 bridgehead atoms. The number of halogens is 1. The molecule has 0 saturated carbocycles. The number of rotatable bonds is 2. The quantitative estimate of drug-likeness (QED) is 0.764. The van der Waals surface area contributed by atoms with E-state index >= 15 is 0 Å². The number of hydrogen-bond acceptors (Lipinski definition) is 4. The van der Waals surface area contributed by atoms with Crippen LogP contribution < -0.4 is 0 Å². The predicted molar refractivity (Wildman–Crippen MR) is 96.7 cm³/mol. The summed E-state index contributed by atoms with van der Waals surface area (Å²) < 4.78 is 41.0. The SMILES string of the molecule is Cn1ncc2c1CCN(S(C)(=O)=O)C2C(=O)N1CCc2cc(F)ccc2C1. The van der Waals surface area contributed by atoms with Gasteiger partial charge >= 0.3 is 0 Å². The summed E-state index contributed by atoms with van der Waals surface area (Å²) in [6.45, 7) is 1.02. The maximum Gasteiger partial charge on any atom is 0.246 e. The summed E-state index contributed by atoms with van der Waals surface area (Å²) in [5, 5.41) is 4.22. The van der Waals surface area contributed by atoms with E-state index in [4.69, 9.17) is 0 Å². The number of amides is 1. The van der Waals surface area contributed by atoms with E-state index in [-0.39, 0.29) is 18.3 Å². The van der Waals surface area contributed by atoms with Crippen LogP contribution in [0, 0.1) is 5.82 Å². The lowest BCUT2D eigenvalue weighted by atomic mass is 9.96. The van der Waals surface area contributed by atoms with Crippen LogP contribution in [0.4, 0.5) is 4.39 Å². The molecule has 9 heteroatoms. The van der Waals surface area contributed by atoms with Crippen LogP contribution in [0.15, 0.2) is 24.4 Å². The molecular weight excluding hydrogens is 371 g/mol. The Balaban J connectivity index is 1.69. The average Bonchev–Trinajstić information content (AvgIpc) is 3.00. The zero-order valence-corrected chi connectivity index (χ0v) is 16.0. The summed E-state index contributed by atoms with van der Waals surface area (Å²) in [6.07, 6.45) is 3.78. The Hall–Kier alpha value is -2.26. The minimum atomic E-state index is -3.56. The Bertz CT molecular complexity index is 1020. The predicted octanol–water partition coefficient (Wildman–Crippen LogP) is 1.00. The summed E-state index contributed by atoms with van der Waals surface area (Å²) in [4.78, 5) is 15.0. The molecule has 2 aliphatic heterocycles. The normalized spacial score (nSPS) is 20.3. The zero-order chi connectivity index (χ0) is 19.3. The van der Waals surface area contributed by atoms with Gasteiger partial charge in [-0.05, 0) is 29.7 Å². The summed E-state index contributed by atoms with van der Waals surface area (Å²) in [5.74, 6) is -0.548. The van der Waals surface area contributed by atoms with Crippen molar-refractivity contribution in [3.05, 3.63) is 52.6 Å². The molecule has 0 saturated heterocycles. The van der Waals surface area contributed by atoms with Crippen molar-refractivity contribution in [2.24, 2.45) is 7.05 Å². The van der Waals surface area contributed by atoms with E-state index in [1.165, 1.54) is 16.4 Å². The van der Waals surface area contributed by atoms with E-state index < -0.39 is 16.1 Å². The fourth-order valence-electron chi connectivity index (χ4n) is 4.01. The first-order valence-corrected chi connectivity index (χ1v) is 10.6. The molecule has 1 atom stereocenters. The second-order valence-corrected chi connectivity index (χ2v) is 9.05. The average molecular weight is 392 g/mol. The fourth-order valence-corrected chi connectivity index (χ4v) is 5.02. The number of carbonyl (C=O) groups is 1. The molecule has 1 aromatic carbocycles. The molecular formula is C18H21FN4O3S. The lowest BCUT2D eigenvalue weighted by Gasteiger charge is -2.37. The van der Waals surface area contributed by atoms with Gasteiger partial charge < -0.3 is 4.90 Å². The van der Waals surface area contributed by atoms with Gasteiger partial charge in [0, 0.05) is 44.4 Å². The van der Waals surface area contributed by atoms with Crippen LogP contribution in [-0.4, -0.2) is 52.7 Å². The van der Waals surface area contributed by atoms with Gasteiger partial charge in [0.1, 0.15) is 11.9 Å². The number of aryl methyl sites for hydroxylation is 1. The van der Waals surface area contributed by atoms with E-state index in [0.29, 0.717) is 31.5 Å². The van der Waals surface area contributed by atoms with Gasteiger partial charge in [0.2, 0.25) is 15.9 Å². The van der Waals surface area contributed by atoms with E-state index in [0.717, 1.165) is 23.1 Å². The maximum atomic E-state index is 13.4. The van der Waals surface area contributed by atoms with Crippen LogP contribution >= 0.6 is 0 Å². The third-order valence-electron chi connectivity index (χ3n) is 5.40. The molecule has 0 aliphatic carbocycles. The van der Waals surface area contributed by atoms with Crippen LogP contribution in [0.5, 0.6) is 0 Å². The molecule has 1 unspecified atom stereocenters. The Morgan fingerprint density at radius 1 is 1.22 bits per heavy atom. The third-order valence-corrected chi connectivity index (χ3v) is 6.64. The monoisotopic (exact) mass is 392 g/mol. The highest BCUT2D eigenvalue weighted by molar-refractivity contribution is 7.88. The first-order valence-electron chi connectivity index (χ1n) is 8.79. The van der Waals surface area contributed by atoms with Gasteiger partial charge in [0.25, 0.3) is 0 Å². The van der Waals surface area contributed by atoms with Crippen molar-refractivity contribution in [2.75, 3.05) is 19.3 Å². The van der Waals surface area contributed by atoms with Gasteiger partial charge in [-0.3, -0.25) is 9.48 Å². The lowest BCUT2D eigenvalue weighted by molar-refractivity contribution is -0.136. The Morgan fingerprint density at radius 2 is 2.00 bits per heavy atom. The fraction of sp³-hybridized carbons (Fsp3) is 0.444. The molecule has 7 nitrogen and oxygen atoms in total. The Kier molecular flexibility index (Phi) is 4.31. The molecule has 1 amide bonds. The molecule has 0 radical (unpaired) electrons. The van der Waals surface area contributed by atoms with E-state index in [9.17, 15) is 17.6 Å². The van der Waals surface area contributed by atoms with Crippen molar-refractivity contribution in [1.29, 1.82) is 0 Å². The number of benzene rings is 1. The first-order chi connectivity index (χ1) is 12.8. The topological polar surface area (TPSA) is 75.5 Å². The second kappa shape index (κ2) is 6.42. The van der Waals surface area contributed by atoms with Gasteiger partial charge in [-0.25, -0.2) is 12.8 Å². The maximum absolute atomic E-state index is 13.4. The van der Waals surface area contributed by atoms with E-state index in [1.807, 2.05) is 0 Å². The molecule has 0 fully saturated rings. The smallest absolute Gasteiger partial charge is 0.246 e. The van der Waals surface area contributed by atoms with Crippen LogP contribution in [0.25, 0.3) is 0 Å².